The molecule has 0 saturated heterocycles. The van der Waals surface area contributed by atoms with Crippen LogP contribution in [0.4, 0.5) is 5.00 Å². The molecule has 0 radical (unpaired) electrons. The number of fused-ring (bicyclic) bond motifs is 2. The first-order valence-corrected chi connectivity index (χ1v) is 13.2. The Morgan fingerprint density at radius 2 is 1.79 bits per heavy atom. The van der Waals surface area contributed by atoms with Crippen LogP contribution in [0.25, 0.3) is 16.8 Å². The topological polar surface area (TPSA) is 123 Å². The van der Waals surface area contributed by atoms with E-state index < -0.39 is 11.9 Å². The summed E-state index contributed by atoms with van der Waals surface area (Å²) in [5.41, 5.74) is 2.91. The van der Waals surface area contributed by atoms with Gasteiger partial charge in [0.1, 0.15) is 35.1 Å². The van der Waals surface area contributed by atoms with Crippen molar-refractivity contribution in [3.05, 3.63) is 98.9 Å². The van der Waals surface area contributed by atoms with Crippen molar-refractivity contribution in [1.29, 1.82) is 10.5 Å². The molecule has 5 rings (SSSR count). The number of carbonyl (C=O) groups is 2. The molecule has 8 heteroatoms. The molecule has 0 spiro atoms. The molecule has 7 nitrogen and oxygen atoms in total. The summed E-state index contributed by atoms with van der Waals surface area (Å²) in [6, 6.07) is 21.9. The quantitative estimate of drug-likeness (QED) is 0.207. The van der Waals surface area contributed by atoms with E-state index in [2.05, 4.69) is 11.4 Å². The van der Waals surface area contributed by atoms with Crippen molar-refractivity contribution in [3.8, 4) is 17.9 Å². The Bertz CT molecular complexity index is 1700. The molecule has 1 amide bonds. The number of nitrogens with one attached hydrogen (secondary N) is 1. The van der Waals surface area contributed by atoms with Crippen LogP contribution in [0.3, 0.4) is 0 Å². The van der Waals surface area contributed by atoms with Crippen LogP contribution in [0, 0.1) is 22.7 Å². The monoisotopic (exact) mass is 533 g/mol. The number of carboxylic acids is 1. The van der Waals surface area contributed by atoms with E-state index in [-0.39, 0.29) is 17.7 Å². The summed E-state index contributed by atoms with van der Waals surface area (Å²) < 4.78 is 6.09. The number of thiophene rings is 1. The van der Waals surface area contributed by atoms with E-state index in [0.717, 1.165) is 52.5 Å². The Labute approximate surface area is 229 Å². The Morgan fingerprint density at radius 1 is 1.03 bits per heavy atom. The summed E-state index contributed by atoms with van der Waals surface area (Å²) in [4.78, 5) is 25.5. The van der Waals surface area contributed by atoms with Gasteiger partial charge in [-0.05, 0) is 71.9 Å². The minimum absolute atomic E-state index is 0.114. The van der Waals surface area contributed by atoms with Gasteiger partial charge in [0.15, 0.2) is 0 Å². The smallest absolute Gasteiger partial charge is 0.335 e. The predicted octanol–water partition coefficient (Wildman–Crippen LogP) is 6.47. The molecule has 1 aliphatic rings. The summed E-state index contributed by atoms with van der Waals surface area (Å²) in [5, 5.41) is 33.8. The van der Waals surface area contributed by atoms with Gasteiger partial charge >= 0.3 is 5.97 Å². The molecule has 1 heterocycles. The number of hydrogen-bond acceptors (Lipinski definition) is 6. The molecule has 0 aliphatic heterocycles. The van der Waals surface area contributed by atoms with Crippen molar-refractivity contribution in [2.24, 2.45) is 0 Å². The minimum atomic E-state index is -1.00. The fourth-order valence-electron chi connectivity index (χ4n) is 4.69. The average Bonchev–Trinajstić information content (AvgIpc) is 3.31. The zero-order valence-electron chi connectivity index (χ0n) is 20.9. The minimum Gasteiger partial charge on any atom is -0.488 e. The molecule has 1 aromatic heterocycles. The summed E-state index contributed by atoms with van der Waals surface area (Å²) in [6.07, 6.45) is 5.30. The number of rotatable bonds is 7. The Morgan fingerprint density at radius 3 is 2.54 bits per heavy atom. The maximum Gasteiger partial charge on any atom is 0.335 e. The average molecular weight is 534 g/mol. The maximum absolute atomic E-state index is 13.2. The van der Waals surface area contributed by atoms with Gasteiger partial charge in [0.2, 0.25) is 0 Å². The number of carboxylic acid groups (broad SMARTS) is 1. The van der Waals surface area contributed by atoms with Gasteiger partial charge in [-0.25, -0.2) is 4.79 Å². The van der Waals surface area contributed by atoms with E-state index in [1.807, 2.05) is 36.4 Å². The highest BCUT2D eigenvalue weighted by Gasteiger charge is 2.23. The number of nitriles is 2. The van der Waals surface area contributed by atoms with Crippen LogP contribution in [0.5, 0.6) is 5.75 Å². The summed E-state index contributed by atoms with van der Waals surface area (Å²) in [7, 11) is 0. The molecule has 0 fully saturated rings. The molecule has 1 aliphatic carbocycles. The first-order valence-electron chi connectivity index (χ1n) is 12.4. The summed E-state index contributed by atoms with van der Waals surface area (Å²) >= 11 is 1.41. The van der Waals surface area contributed by atoms with Gasteiger partial charge < -0.3 is 15.2 Å². The van der Waals surface area contributed by atoms with Crippen LogP contribution in [0.2, 0.25) is 0 Å². The lowest BCUT2D eigenvalue weighted by molar-refractivity contribution is -0.112. The molecule has 39 heavy (non-hydrogen) atoms. The van der Waals surface area contributed by atoms with Crippen LogP contribution in [0.15, 0.2) is 66.2 Å². The molecular formula is C31H23N3O4S. The Balaban J connectivity index is 1.47. The number of ether oxygens (including phenoxy) is 1. The van der Waals surface area contributed by atoms with Gasteiger partial charge in [0, 0.05) is 10.4 Å². The fraction of sp³-hybridized carbons (Fsp3) is 0.161. The normalized spacial score (nSPS) is 12.7. The largest absolute Gasteiger partial charge is 0.488 e. The fourth-order valence-corrected chi connectivity index (χ4v) is 5.93. The molecule has 0 bridgehead atoms. The highest BCUT2D eigenvalue weighted by Crippen LogP contribution is 2.38. The first-order chi connectivity index (χ1) is 19.0. The second-order valence-electron chi connectivity index (χ2n) is 9.14. The van der Waals surface area contributed by atoms with Gasteiger partial charge in [-0.3, -0.25) is 4.79 Å². The highest BCUT2D eigenvalue weighted by molar-refractivity contribution is 7.16. The predicted molar refractivity (Wildman–Crippen MR) is 150 cm³/mol. The summed E-state index contributed by atoms with van der Waals surface area (Å²) in [6.45, 7) is 0.166. The molecule has 2 N–H and O–H groups in total. The van der Waals surface area contributed by atoms with E-state index in [9.17, 15) is 20.1 Å². The van der Waals surface area contributed by atoms with Crippen molar-refractivity contribution >= 4 is 45.1 Å². The number of aryl methyl sites for hydroxylation is 1. The molecule has 4 aromatic rings. The third kappa shape index (κ3) is 5.38. The standard InChI is InChI=1S/C31H23N3O4S/c32-16-22(29(35)34-30-26(17-33)24-7-3-4-8-28(24)39-30)15-25-23-6-2-1-5-20(23)13-14-27(25)38-18-19-9-11-21(12-10-19)31(36)37/h1-2,5-6,9-15H,3-4,7-8,18H2,(H,34,35)(H,36,37)/b22-15+. The zero-order valence-corrected chi connectivity index (χ0v) is 21.7. The summed E-state index contributed by atoms with van der Waals surface area (Å²) in [5.74, 6) is -1.12. The van der Waals surface area contributed by atoms with Crippen LogP contribution in [-0.2, 0) is 24.2 Å². The van der Waals surface area contributed by atoms with Crippen molar-refractivity contribution in [1.82, 2.24) is 0 Å². The molecule has 0 saturated carbocycles. The van der Waals surface area contributed by atoms with E-state index in [1.54, 1.807) is 18.2 Å². The van der Waals surface area contributed by atoms with Crippen molar-refractivity contribution < 1.29 is 19.4 Å². The van der Waals surface area contributed by atoms with Crippen LogP contribution < -0.4 is 10.1 Å². The molecule has 0 atom stereocenters. The maximum atomic E-state index is 13.2. The number of hydrogen-bond donors (Lipinski definition) is 2. The van der Waals surface area contributed by atoms with E-state index in [0.29, 0.717) is 21.9 Å². The number of aromatic carboxylic acids is 1. The SMILES string of the molecule is N#C/C(=C\c1c(OCc2ccc(C(=O)O)cc2)ccc2ccccc12)C(=O)Nc1sc2c(c1C#N)CCCC2. The van der Waals surface area contributed by atoms with E-state index >= 15 is 0 Å². The second-order valence-corrected chi connectivity index (χ2v) is 10.2. The van der Waals surface area contributed by atoms with E-state index in [4.69, 9.17) is 9.84 Å². The van der Waals surface area contributed by atoms with Crippen molar-refractivity contribution in [3.63, 3.8) is 0 Å². The van der Waals surface area contributed by atoms with Crippen molar-refractivity contribution in [2.45, 2.75) is 32.3 Å². The highest BCUT2D eigenvalue weighted by atomic mass is 32.1. The van der Waals surface area contributed by atoms with Gasteiger partial charge in [-0.1, -0.05) is 42.5 Å². The van der Waals surface area contributed by atoms with Gasteiger partial charge in [-0.2, -0.15) is 10.5 Å². The lowest BCUT2D eigenvalue weighted by Gasteiger charge is -2.13. The van der Waals surface area contributed by atoms with Gasteiger partial charge in [0.05, 0.1) is 11.1 Å². The van der Waals surface area contributed by atoms with Gasteiger partial charge in [-0.15, -0.1) is 11.3 Å². The van der Waals surface area contributed by atoms with Gasteiger partial charge in [0.25, 0.3) is 5.91 Å². The molecule has 3 aromatic carbocycles. The first kappa shape index (κ1) is 25.7. The third-order valence-corrected chi connectivity index (χ3v) is 7.90. The van der Waals surface area contributed by atoms with Crippen LogP contribution in [0.1, 0.15) is 50.3 Å². The third-order valence-electron chi connectivity index (χ3n) is 6.69. The lowest BCUT2D eigenvalue weighted by atomic mass is 9.96. The van der Waals surface area contributed by atoms with Crippen LogP contribution >= 0.6 is 11.3 Å². The zero-order chi connectivity index (χ0) is 27.4. The number of anilines is 1. The number of benzene rings is 3. The van der Waals surface area contributed by atoms with Crippen LogP contribution in [-0.4, -0.2) is 17.0 Å². The Hall–Kier alpha value is -4.92. The molecular weight excluding hydrogens is 510 g/mol. The molecule has 0 unspecified atom stereocenters. The van der Waals surface area contributed by atoms with Crippen molar-refractivity contribution in [2.75, 3.05) is 5.32 Å². The number of amides is 1. The number of carbonyl (C=O) groups excluding carboxylic acids is 1. The number of nitrogens with zero attached hydrogens (tertiary/aromatic N) is 2. The molecule has 192 valence electrons. The van der Waals surface area contributed by atoms with E-state index in [1.165, 1.54) is 29.5 Å². The second kappa shape index (κ2) is 11.2. The lowest BCUT2D eigenvalue weighted by Crippen LogP contribution is -2.13. The Kier molecular flexibility index (Phi) is 7.40.